The van der Waals surface area contributed by atoms with Gasteiger partial charge in [-0.3, -0.25) is 0 Å². The van der Waals surface area contributed by atoms with Crippen molar-refractivity contribution in [3.63, 3.8) is 0 Å². The molecule has 0 amide bonds. The van der Waals surface area contributed by atoms with Gasteiger partial charge < -0.3 is 10.8 Å². The quantitative estimate of drug-likeness (QED) is 0.622. The molecule has 3 N–H and O–H groups in total. The van der Waals surface area contributed by atoms with Crippen LogP contribution in [0.1, 0.15) is 65.7 Å². The average molecular weight is 225 g/mol. The van der Waals surface area contributed by atoms with Gasteiger partial charge in [0, 0.05) is 11.5 Å². The normalized spacial score (nSPS) is 13.0. The van der Waals surface area contributed by atoms with Crippen molar-refractivity contribution < 1.29 is 5.11 Å². The van der Waals surface area contributed by atoms with E-state index in [2.05, 4.69) is 32.8 Å². The van der Waals surface area contributed by atoms with Crippen molar-refractivity contribution in [3.8, 4) is 12.0 Å². The Morgan fingerprint density at radius 1 is 1.12 bits per heavy atom. The molecule has 16 heavy (non-hydrogen) atoms. The van der Waals surface area contributed by atoms with Crippen molar-refractivity contribution in [1.29, 1.82) is 0 Å². The fraction of sp³-hybridized carbons (Fsp3) is 0.857. The predicted octanol–water partition coefficient (Wildman–Crippen LogP) is 3.42. The summed E-state index contributed by atoms with van der Waals surface area (Å²) in [6, 6.07) is 0.0898. The molecule has 0 aliphatic rings. The molecule has 0 saturated heterocycles. The van der Waals surface area contributed by atoms with E-state index in [1.54, 1.807) is 0 Å². The summed E-state index contributed by atoms with van der Waals surface area (Å²) in [6.45, 7) is 6.47. The first-order chi connectivity index (χ1) is 7.66. The van der Waals surface area contributed by atoms with Crippen LogP contribution in [-0.2, 0) is 0 Å². The number of hydrogen-bond donors (Lipinski definition) is 2. The third-order valence-corrected chi connectivity index (χ3v) is 3.28. The molecule has 0 radical (unpaired) electrons. The molecule has 0 bridgehead atoms. The topological polar surface area (TPSA) is 46.2 Å². The van der Waals surface area contributed by atoms with E-state index in [9.17, 15) is 0 Å². The van der Waals surface area contributed by atoms with Gasteiger partial charge in [0.25, 0.3) is 0 Å². The molecule has 2 heteroatoms. The standard InChI is InChI=1S/C14H27NO/c1-4-7-8-13(15)14(9-5-2,10-6-3)11-12-16/h13,16H,4-10,15H2,1-3H3. The van der Waals surface area contributed by atoms with Crippen LogP contribution < -0.4 is 5.73 Å². The molecule has 2 nitrogen and oxygen atoms in total. The van der Waals surface area contributed by atoms with Crippen LogP contribution in [0.15, 0.2) is 0 Å². The van der Waals surface area contributed by atoms with Crippen molar-refractivity contribution in [2.24, 2.45) is 11.1 Å². The van der Waals surface area contributed by atoms with Gasteiger partial charge in [-0.1, -0.05) is 52.4 Å². The first-order valence-electron chi connectivity index (χ1n) is 6.58. The van der Waals surface area contributed by atoms with Gasteiger partial charge in [0.05, 0.1) is 0 Å². The first kappa shape index (κ1) is 15.3. The molecule has 0 aromatic heterocycles. The third kappa shape index (κ3) is 4.45. The molecular weight excluding hydrogens is 198 g/mol. The summed E-state index contributed by atoms with van der Waals surface area (Å²) in [5, 5.41) is 8.91. The first-order valence-corrected chi connectivity index (χ1v) is 6.58. The van der Waals surface area contributed by atoms with Gasteiger partial charge in [-0.15, -0.1) is 0 Å². The average Bonchev–Trinajstić information content (AvgIpc) is 2.26. The molecule has 1 unspecified atom stereocenters. The van der Waals surface area contributed by atoms with Gasteiger partial charge in [-0.05, 0) is 19.3 Å². The Kier molecular flexibility index (Phi) is 8.11. The maximum absolute atomic E-state index is 8.91. The van der Waals surface area contributed by atoms with Crippen molar-refractivity contribution in [3.05, 3.63) is 0 Å². The molecule has 0 fully saturated rings. The van der Waals surface area contributed by atoms with Gasteiger partial charge in [0.15, 0.2) is 0 Å². The van der Waals surface area contributed by atoms with Gasteiger partial charge in [0.1, 0.15) is 6.11 Å². The summed E-state index contributed by atoms with van der Waals surface area (Å²) in [5.41, 5.74) is 6.11. The summed E-state index contributed by atoms with van der Waals surface area (Å²) < 4.78 is 0. The van der Waals surface area contributed by atoms with E-state index in [4.69, 9.17) is 10.8 Å². The fourth-order valence-corrected chi connectivity index (χ4v) is 2.42. The monoisotopic (exact) mass is 225 g/mol. The van der Waals surface area contributed by atoms with Crippen LogP contribution in [0.25, 0.3) is 0 Å². The molecule has 94 valence electrons. The summed E-state index contributed by atoms with van der Waals surface area (Å²) in [7, 11) is 0. The number of aliphatic hydroxyl groups is 1. The minimum Gasteiger partial charge on any atom is -0.462 e. The van der Waals surface area contributed by atoms with E-state index in [-0.39, 0.29) is 11.5 Å². The van der Waals surface area contributed by atoms with E-state index >= 15 is 0 Å². The van der Waals surface area contributed by atoms with Gasteiger partial charge in [-0.25, -0.2) is 0 Å². The molecule has 0 heterocycles. The van der Waals surface area contributed by atoms with Gasteiger partial charge in [0.2, 0.25) is 0 Å². The highest BCUT2D eigenvalue weighted by Crippen LogP contribution is 2.34. The number of hydrogen-bond acceptors (Lipinski definition) is 2. The molecule has 0 aromatic rings. The zero-order chi connectivity index (χ0) is 12.4. The second kappa shape index (κ2) is 8.47. The van der Waals surface area contributed by atoms with Crippen LogP contribution in [0.3, 0.4) is 0 Å². The van der Waals surface area contributed by atoms with Crippen molar-refractivity contribution in [2.75, 3.05) is 0 Å². The molecule has 1 atom stereocenters. The summed E-state index contributed by atoms with van der Waals surface area (Å²) >= 11 is 0. The van der Waals surface area contributed by atoms with Crippen molar-refractivity contribution >= 4 is 0 Å². The lowest BCUT2D eigenvalue weighted by molar-refractivity contribution is 0.250. The lowest BCUT2D eigenvalue weighted by Crippen LogP contribution is -2.41. The Bertz CT molecular complexity index is 221. The van der Waals surface area contributed by atoms with Crippen molar-refractivity contribution in [2.45, 2.75) is 71.8 Å². The highest BCUT2D eigenvalue weighted by atomic mass is 16.2. The van der Waals surface area contributed by atoms with E-state index in [0.717, 1.165) is 44.9 Å². The summed E-state index contributed by atoms with van der Waals surface area (Å²) in [4.78, 5) is 0. The number of rotatable bonds is 8. The van der Waals surface area contributed by atoms with E-state index in [1.165, 1.54) is 0 Å². The minimum absolute atomic E-state index is 0.0898. The summed E-state index contributed by atoms with van der Waals surface area (Å²) in [6.07, 6.45) is 9.51. The largest absolute Gasteiger partial charge is 0.462 e. The Labute approximate surface area is 101 Å². The maximum atomic E-state index is 8.91. The zero-order valence-electron chi connectivity index (χ0n) is 11.1. The zero-order valence-corrected chi connectivity index (χ0v) is 11.1. The number of unbranched alkanes of at least 4 members (excludes halogenated alkanes) is 1. The van der Waals surface area contributed by atoms with Crippen LogP contribution in [0, 0.1) is 17.4 Å². The lowest BCUT2D eigenvalue weighted by atomic mass is 9.72. The third-order valence-electron chi connectivity index (χ3n) is 3.28. The Morgan fingerprint density at radius 3 is 2.06 bits per heavy atom. The Balaban J connectivity index is 4.74. The second-order valence-electron chi connectivity index (χ2n) is 4.64. The van der Waals surface area contributed by atoms with Crippen LogP contribution in [-0.4, -0.2) is 11.1 Å². The molecule has 0 aliphatic carbocycles. The maximum Gasteiger partial charge on any atom is 0.108 e. The van der Waals surface area contributed by atoms with Crippen molar-refractivity contribution in [1.82, 2.24) is 0 Å². The number of nitrogens with two attached hydrogens (primary N) is 1. The van der Waals surface area contributed by atoms with Crippen LogP contribution in [0.4, 0.5) is 0 Å². The summed E-state index contributed by atoms with van der Waals surface area (Å²) in [5.74, 6) is 2.99. The van der Waals surface area contributed by atoms with Gasteiger partial charge >= 0.3 is 0 Å². The van der Waals surface area contributed by atoms with E-state index in [0.29, 0.717) is 0 Å². The van der Waals surface area contributed by atoms with Crippen LogP contribution >= 0.6 is 0 Å². The highest BCUT2D eigenvalue weighted by Gasteiger charge is 2.33. The SMILES string of the molecule is CCCCC(N)C(C#CO)(CCC)CCC. The van der Waals surface area contributed by atoms with Crippen LogP contribution in [0.2, 0.25) is 0 Å². The lowest BCUT2D eigenvalue weighted by Gasteiger charge is -2.34. The molecule has 0 saturated carbocycles. The fourth-order valence-electron chi connectivity index (χ4n) is 2.42. The van der Waals surface area contributed by atoms with Crippen LogP contribution in [0.5, 0.6) is 0 Å². The smallest absolute Gasteiger partial charge is 0.108 e. The second-order valence-corrected chi connectivity index (χ2v) is 4.64. The Hall–Kier alpha value is -0.680. The number of aliphatic hydroxyl groups excluding tert-OH is 1. The Morgan fingerprint density at radius 2 is 1.69 bits per heavy atom. The molecule has 0 rings (SSSR count). The molecule has 0 spiro atoms. The predicted molar refractivity (Wildman–Crippen MR) is 69.5 cm³/mol. The molecule has 0 aromatic carbocycles. The molecule has 0 aliphatic heterocycles. The minimum atomic E-state index is -0.173. The van der Waals surface area contributed by atoms with E-state index < -0.39 is 0 Å². The van der Waals surface area contributed by atoms with E-state index in [1.807, 2.05) is 0 Å². The van der Waals surface area contributed by atoms with Gasteiger partial charge in [-0.2, -0.15) is 0 Å². The molecular formula is C14H27NO. The highest BCUT2D eigenvalue weighted by molar-refractivity contribution is 5.12.